The van der Waals surface area contributed by atoms with Crippen molar-refractivity contribution in [3.05, 3.63) is 0 Å². The topological polar surface area (TPSA) is 92.5 Å². The van der Waals surface area contributed by atoms with Crippen LogP contribution in [-0.4, -0.2) is 50.1 Å². The van der Waals surface area contributed by atoms with Crippen LogP contribution in [0.15, 0.2) is 0 Å². The van der Waals surface area contributed by atoms with Crippen LogP contribution in [0.4, 0.5) is 0 Å². The van der Waals surface area contributed by atoms with Gasteiger partial charge in [0.1, 0.15) is 6.04 Å². The molecule has 1 rings (SSSR count). The molecule has 0 aliphatic carbocycles. The van der Waals surface area contributed by atoms with Crippen LogP contribution in [0.25, 0.3) is 0 Å². The first-order valence-corrected chi connectivity index (χ1v) is 8.11. The van der Waals surface area contributed by atoms with E-state index in [9.17, 15) is 13.2 Å². The minimum Gasteiger partial charge on any atom is -0.355 e. The molecule has 1 unspecified atom stereocenters. The van der Waals surface area contributed by atoms with Crippen molar-refractivity contribution >= 4 is 15.9 Å². The Morgan fingerprint density at radius 1 is 1.50 bits per heavy atom. The molecule has 0 spiro atoms. The molecular weight excluding hydrogens is 254 g/mol. The molecule has 18 heavy (non-hydrogen) atoms. The number of carbonyl (C=O) groups excluding carboxylic acids is 1. The van der Waals surface area contributed by atoms with Crippen molar-refractivity contribution in [1.29, 1.82) is 0 Å². The number of nitrogens with zero attached hydrogens (tertiary/aromatic N) is 1. The molecule has 1 saturated heterocycles. The summed E-state index contributed by atoms with van der Waals surface area (Å²) >= 11 is 0. The molecular formula is C11H23N3O3S. The van der Waals surface area contributed by atoms with Gasteiger partial charge < -0.3 is 11.1 Å². The number of carbonyl (C=O) groups is 1. The Bertz CT molecular complexity index is 370. The summed E-state index contributed by atoms with van der Waals surface area (Å²) < 4.78 is 25.4. The Hall–Kier alpha value is -0.660. The first kappa shape index (κ1) is 15.4. The quantitative estimate of drug-likeness (QED) is 0.622. The molecule has 0 radical (unpaired) electrons. The molecule has 0 aromatic carbocycles. The third-order valence-electron chi connectivity index (χ3n) is 3.01. The van der Waals surface area contributed by atoms with E-state index in [0.717, 1.165) is 6.42 Å². The van der Waals surface area contributed by atoms with Gasteiger partial charge in [-0.15, -0.1) is 0 Å². The predicted molar refractivity (Wildman–Crippen MR) is 70.5 cm³/mol. The summed E-state index contributed by atoms with van der Waals surface area (Å²) in [5.74, 6) is -0.0832. The van der Waals surface area contributed by atoms with Gasteiger partial charge in [-0.25, -0.2) is 8.42 Å². The minimum atomic E-state index is -3.29. The van der Waals surface area contributed by atoms with Crippen molar-refractivity contribution in [2.45, 2.75) is 38.6 Å². The van der Waals surface area contributed by atoms with Crippen LogP contribution in [-0.2, 0) is 14.8 Å². The van der Waals surface area contributed by atoms with E-state index >= 15 is 0 Å². The molecule has 1 fully saturated rings. The van der Waals surface area contributed by atoms with Gasteiger partial charge >= 0.3 is 0 Å². The second kappa shape index (κ2) is 7.06. The molecule has 7 heteroatoms. The van der Waals surface area contributed by atoms with E-state index in [2.05, 4.69) is 5.32 Å². The molecule has 0 saturated carbocycles. The van der Waals surface area contributed by atoms with Crippen molar-refractivity contribution < 1.29 is 13.2 Å². The van der Waals surface area contributed by atoms with Crippen molar-refractivity contribution in [3.8, 4) is 0 Å². The Morgan fingerprint density at radius 3 is 2.83 bits per heavy atom. The highest BCUT2D eigenvalue weighted by Crippen LogP contribution is 2.21. The molecule has 1 amide bonds. The van der Waals surface area contributed by atoms with Gasteiger partial charge in [0.25, 0.3) is 0 Å². The lowest BCUT2D eigenvalue weighted by atomic mass is 10.2. The first-order chi connectivity index (χ1) is 8.53. The summed E-state index contributed by atoms with van der Waals surface area (Å²) in [4.78, 5) is 11.9. The Morgan fingerprint density at radius 2 is 2.22 bits per heavy atom. The lowest BCUT2D eigenvalue weighted by Crippen LogP contribution is -2.46. The molecule has 0 aromatic rings. The SMILES string of the molecule is CCCS(=O)(=O)N1CCCC1C(=O)NCCCN. The molecule has 6 nitrogen and oxygen atoms in total. The Balaban J connectivity index is 2.61. The average Bonchev–Trinajstić information content (AvgIpc) is 2.78. The van der Waals surface area contributed by atoms with Gasteiger partial charge in [0.15, 0.2) is 0 Å². The van der Waals surface area contributed by atoms with E-state index < -0.39 is 16.1 Å². The average molecular weight is 277 g/mol. The summed E-state index contributed by atoms with van der Waals surface area (Å²) in [5, 5.41) is 2.74. The highest BCUT2D eigenvalue weighted by molar-refractivity contribution is 7.89. The summed E-state index contributed by atoms with van der Waals surface area (Å²) in [6, 6.07) is -0.528. The van der Waals surface area contributed by atoms with Crippen LogP contribution in [0.1, 0.15) is 32.6 Å². The van der Waals surface area contributed by atoms with Gasteiger partial charge in [0.2, 0.25) is 15.9 Å². The summed E-state index contributed by atoms with van der Waals surface area (Å²) in [5.41, 5.74) is 5.35. The highest BCUT2D eigenvalue weighted by Gasteiger charge is 2.37. The second-order valence-electron chi connectivity index (χ2n) is 4.52. The molecule has 1 atom stereocenters. The molecule has 1 heterocycles. The third-order valence-corrected chi connectivity index (χ3v) is 5.08. The normalized spacial score (nSPS) is 21.1. The largest absolute Gasteiger partial charge is 0.355 e. The van der Waals surface area contributed by atoms with Crippen molar-refractivity contribution in [2.75, 3.05) is 25.4 Å². The Labute approximate surface area is 109 Å². The highest BCUT2D eigenvalue weighted by atomic mass is 32.2. The van der Waals surface area contributed by atoms with Crippen molar-refractivity contribution in [1.82, 2.24) is 9.62 Å². The van der Waals surface area contributed by atoms with Gasteiger partial charge in [-0.1, -0.05) is 6.92 Å². The molecule has 106 valence electrons. The number of sulfonamides is 1. The first-order valence-electron chi connectivity index (χ1n) is 6.50. The van der Waals surface area contributed by atoms with Gasteiger partial charge in [-0.3, -0.25) is 4.79 Å². The lowest BCUT2D eigenvalue weighted by Gasteiger charge is -2.23. The fourth-order valence-corrected chi connectivity index (χ4v) is 3.89. The summed E-state index contributed by atoms with van der Waals surface area (Å²) in [7, 11) is -3.29. The van der Waals surface area contributed by atoms with E-state index in [1.807, 2.05) is 6.92 Å². The molecule has 1 aliphatic rings. The molecule has 1 aliphatic heterocycles. The summed E-state index contributed by atoms with van der Waals surface area (Å²) in [6.07, 6.45) is 2.63. The van der Waals surface area contributed by atoms with Crippen LogP contribution >= 0.6 is 0 Å². The van der Waals surface area contributed by atoms with Crippen molar-refractivity contribution in [2.24, 2.45) is 5.73 Å². The second-order valence-corrected chi connectivity index (χ2v) is 6.56. The summed E-state index contributed by atoms with van der Waals surface area (Å²) in [6.45, 7) is 3.30. The minimum absolute atomic E-state index is 0.111. The van der Waals surface area contributed by atoms with Crippen LogP contribution in [0, 0.1) is 0 Å². The van der Waals surface area contributed by atoms with Crippen LogP contribution < -0.4 is 11.1 Å². The monoisotopic (exact) mass is 277 g/mol. The fourth-order valence-electron chi connectivity index (χ4n) is 2.14. The van der Waals surface area contributed by atoms with Crippen molar-refractivity contribution in [3.63, 3.8) is 0 Å². The smallest absolute Gasteiger partial charge is 0.238 e. The number of nitrogens with one attached hydrogen (secondary N) is 1. The zero-order valence-corrected chi connectivity index (χ0v) is 11.7. The number of hydrogen-bond donors (Lipinski definition) is 2. The van der Waals surface area contributed by atoms with Crippen LogP contribution in [0.3, 0.4) is 0 Å². The fraction of sp³-hybridized carbons (Fsp3) is 0.909. The van der Waals surface area contributed by atoms with Gasteiger partial charge in [0.05, 0.1) is 5.75 Å². The third kappa shape index (κ3) is 3.93. The maximum absolute atomic E-state index is 12.0. The standard InChI is InChI=1S/C11H23N3O3S/c1-2-9-18(16,17)14-8-3-5-10(14)11(15)13-7-4-6-12/h10H,2-9,12H2,1H3,(H,13,15). The number of rotatable bonds is 7. The van der Waals surface area contributed by atoms with Gasteiger partial charge in [-0.05, 0) is 32.2 Å². The number of nitrogens with two attached hydrogens (primary N) is 1. The van der Waals surface area contributed by atoms with E-state index in [0.29, 0.717) is 38.9 Å². The van der Waals surface area contributed by atoms with E-state index in [4.69, 9.17) is 5.73 Å². The van der Waals surface area contributed by atoms with E-state index in [1.165, 1.54) is 4.31 Å². The zero-order valence-electron chi connectivity index (χ0n) is 10.9. The van der Waals surface area contributed by atoms with E-state index in [1.54, 1.807) is 0 Å². The molecule has 0 bridgehead atoms. The number of amides is 1. The van der Waals surface area contributed by atoms with Gasteiger partial charge in [0, 0.05) is 13.1 Å². The van der Waals surface area contributed by atoms with Crippen LogP contribution in [0.5, 0.6) is 0 Å². The maximum atomic E-state index is 12.0. The van der Waals surface area contributed by atoms with Gasteiger partial charge in [-0.2, -0.15) is 4.31 Å². The van der Waals surface area contributed by atoms with Crippen LogP contribution in [0.2, 0.25) is 0 Å². The molecule has 3 N–H and O–H groups in total. The Kier molecular flexibility index (Phi) is 6.04. The lowest BCUT2D eigenvalue weighted by molar-refractivity contribution is -0.124. The zero-order chi connectivity index (χ0) is 13.6. The molecule has 0 aromatic heterocycles. The predicted octanol–water partition coefficient (Wildman–Crippen LogP) is -0.344. The maximum Gasteiger partial charge on any atom is 0.238 e. The number of hydrogen-bond acceptors (Lipinski definition) is 4. The van der Waals surface area contributed by atoms with E-state index in [-0.39, 0.29) is 11.7 Å².